The third-order valence-electron chi connectivity index (χ3n) is 6.28. The summed E-state index contributed by atoms with van der Waals surface area (Å²) in [7, 11) is 0. The van der Waals surface area contributed by atoms with Crippen molar-refractivity contribution in [1.29, 1.82) is 0 Å². The lowest BCUT2D eigenvalue weighted by Crippen LogP contribution is -2.22. The van der Waals surface area contributed by atoms with Gasteiger partial charge in [-0.25, -0.2) is 4.98 Å². The fourth-order valence-corrected chi connectivity index (χ4v) is 4.38. The van der Waals surface area contributed by atoms with Crippen molar-refractivity contribution in [3.8, 4) is 17.0 Å². The Morgan fingerprint density at radius 1 is 1.07 bits per heavy atom. The zero-order chi connectivity index (χ0) is 20.6. The molecule has 3 aromatic rings. The normalized spacial score (nSPS) is 22.1. The van der Waals surface area contributed by atoms with Crippen LogP contribution in [-0.2, 0) is 5.60 Å². The van der Waals surface area contributed by atoms with Crippen LogP contribution in [0.4, 0.5) is 0 Å². The Hall–Kier alpha value is -2.86. The highest BCUT2D eigenvalue weighted by Crippen LogP contribution is 2.47. The van der Waals surface area contributed by atoms with Gasteiger partial charge in [0.25, 0.3) is 0 Å². The lowest BCUT2D eigenvalue weighted by atomic mass is 9.96. The van der Waals surface area contributed by atoms with Gasteiger partial charge < -0.3 is 9.84 Å². The minimum atomic E-state index is -0.784. The second-order valence-electron chi connectivity index (χ2n) is 8.47. The molecule has 2 saturated carbocycles. The average Bonchev–Trinajstić information content (AvgIpc) is 3.43. The first kappa shape index (κ1) is 19.1. The number of rotatable bonds is 6. The van der Waals surface area contributed by atoms with Crippen LogP contribution in [0.15, 0.2) is 48.9 Å². The van der Waals surface area contributed by atoms with E-state index in [1.54, 1.807) is 12.4 Å². The quantitative estimate of drug-likeness (QED) is 0.666. The summed E-state index contributed by atoms with van der Waals surface area (Å²) in [5, 5.41) is 10.8. The number of hydrogen-bond acceptors (Lipinski definition) is 6. The van der Waals surface area contributed by atoms with Crippen molar-refractivity contribution in [3.63, 3.8) is 0 Å². The maximum atomic E-state index is 10.8. The molecule has 2 atom stereocenters. The van der Waals surface area contributed by atoms with Crippen LogP contribution in [0.3, 0.4) is 0 Å². The van der Waals surface area contributed by atoms with Gasteiger partial charge in [0.1, 0.15) is 11.4 Å². The van der Waals surface area contributed by atoms with Gasteiger partial charge in [-0.15, -0.1) is 0 Å². The standard InChI is InChI=1S/C24H26N4O2/c1-16-26-14-20(17-7-8-22(27-13-17)24(29)9-3-4-10-24)23(28-16)30-15-18-12-19(18)21-6-2-5-11-25-21/h2,5-8,11,13-14,18-19,29H,3-4,9-10,12,15H2,1H3. The number of nitrogens with zero attached hydrogens (tertiary/aromatic N) is 4. The molecule has 0 aromatic carbocycles. The molecule has 3 heterocycles. The number of ether oxygens (including phenoxy) is 1. The minimum absolute atomic E-state index is 0.458. The lowest BCUT2D eigenvalue weighted by Gasteiger charge is -2.21. The van der Waals surface area contributed by atoms with Crippen molar-refractivity contribution >= 4 is 0 Å². The number of hydrogen-bond donors (Lipinski definition) is 1. The van der Waals surface area contributed by atoms with E-state index >= 15 is 0 Å². The topological polar surface area (TPSA) is 81.0 Å². The molecule has 6 nitrogen and oxygen atoms in total. The van der Waals surface area contributed by atoms with E-state index in [1.165, 1.54) is 0 Å². The monoisotopic (exact) mass is 402 g/mol. The second kappa shape index (κ2) is 7.76. The molecular formula is C24H26N4O2. The molecule has 0 saturated heterocycles. The van der Waals surface area contributed by atoms with Crippen LogP contribution < -0.4 is 4.74 Å². The molecular weight excluding hydrogens is 376 g/mol. The third-order valence-corrected chi connectivity index (χ3v) is 6.28. The molecule has 3 aromatic heterocycles. The Bertz CT molecular complexity index is 1020. The average molecular weight is 402 g/mol. The summed E-state index contributed by atoms with van der Waals surface area (Å²) in [5.41, 5.74) is 2.82. The van der Waals surface area contributed by atoms with E-state index in [2.05, 4.69) is 26.0 Å². The predicted octanol–water partition coefficient (Wildman–Crippen LogP) is 4.19. The Morgan fingerprint density at radius 3 is 2.67 bits per heavy atom. The van der Waals surface area contributed by atoms with Gasteiger partial charge in [-0.1, -0.05) is 25.0 Å². The van der Waals surface area contributed by atoms with Gasteiger partial charge >= 0.3 is 0 Å². The molecule has 0 aliphatic heterocycles. The zero-order valence-corrected chi connectivity index (χ0v) is 17.2. The molecule has 5 rings (SSSR count). The van der Waals surface area contributed by atoms with E-state index < -0.39 is 5.60 Å². The van der Waals surface area contributed by atoms with Crippen LogP contribution in [0.1, 0.15) is 55.2 Å². The number of aromatic nitrogens is 4. The summed E-state index contributed by atoms with van der Waals surface area (Å²) in [5.74, 6) is 2.18. The zero-order valence-electron chi connectivity index (χ0n) is 17.2. The maximum Gasteiger partial charge on any atom is 0.224 e. The van der Waals surface area contributed by atoms with Crippen molar-refractivity contribution in [2.24, 2.45) is 5.92 Å². The first-order chi connectivity index (χ1) is 14.6. The molecule has 30 heavy (non-hydrogen) atoms. The van der Waals surface area contributed by atoms with Gasteiger partial charge in [0.05, 0.1) is 17.9 Å². The van der Waals surface area contributed by atoms with Crippen LogP contribution in [-0.4, -0.2) is 31.6 Å². The molecule has 2 aliphatic rings. The largest absolute Gasteiger partial charge is 0.477 e. The minimum Gasteiger partial charge on any atom is -0.477 e. The van der Waals surface area contributed by atoms with Crippen LogP contribution in [0, 0.1) is 12.8 Å². The summed E-state index contributed by atoms with van der Waals surface area (Å²) in [6.45, 7) is 2.47. The smallest absolute Gasteiger partial charge is 0.224 e. The summed E-state index contributed by atoms with van der Waals surface area (Å²) in [6.07, 6.45) is 10.2. The highest BCUT2D eigenvalue weighted by atomic mass is 16.5. The first-order valence-corrected chi connectivity index (χ1v) is 10.7. The fraction of sp³-hybridized carbons (Fsp3) is 0.417. The molecule has 1 N–H and O–H groups in total. The third kappa shape index (κ3) is 3.79. The first-order valence-electron chi connectivity index (χ1n) is 10.7. The van der Waals surface area contributed by atoms with Crippen molar-refractivity contribution in [2.45, 2.75) is 50.5 Å². The van der Waals surface area contributed by atoms with E-state index in [4.69, 9.17) is 4.74 Å². The van der Waals surface area contributed by atoms with Crippen molar-refractivity contribution < 1.29 is 9.84 Å². The lowest BCUT2D eigenvalue weighted by molar-refractivity contribution is 0.0400. The van der Waals surface area contributed by atoms with Gasteiger partial charge in [0, 0.05) is 41.7 Å². The van der Waals surface area contributed by atoms with E-state index in [-0.39, 0.29) is 0 Å². The van der Waals surface area contributed by atoms with E-state index in [0.29, 0.717) is 30.1 Å². The number of aliphatic hydroxyl groups is 1. The highest BCUT2D eigenvalue weighted by Gasteiger charge is 2.40. The molecule has 2 aliphatic carbocycles. The van der Waals surface area contributed by atoms with E-state index in [1.807, 2.05) is 37.4 Å². The SMILES string of the molecule is Cc1ncc(-c2ccc(C3(O)CCCC3)nc2)c(OCC2CC2c2ccccn2)n1. The van der Waals surface area contributed by atoms with Crippen LogP contribution >= 0.6 is 0 Å². The van der Waals surface area contributed by atoms with Crippen LogP contribution in [0.5, 0.6) is 5.88 Å². The van der Waals surface area contributed by atoms with Gasteiger partial charge in [0.15, 0.2) is 0 Å². The summed E-state index contributed by atoms with van der Waals surface area (Å²) in [4.78, 5) is 17.9. The molecule has 0 radical (unpaired) electrons. The van der Waals surface area contributed by atoms with E-state index in [0.717, 1.165) is 54.6 Å². The van der Waals surface area contributed by atoms with Gasteiger partial charge in [-0.2, -0.15) is 4.98 Å². The highest BCUT2D eigenvalue weighted by molar-refractivity contribution is 5.67. The van der Waals surface area contributed by atoms with Crippen LogP contribution in [0.25, 0.3) is 11.1 Å². The molecule has 0 amide bonds. The Morgan fingerprint density at radius 2 is 1.93 bits per heavy atom. The molecule has 2 fully saturated rings. The summed E-state index contributed by atoms with van der Waals surface area (Å²) in [6, 6.07) is 9.95. The van der Waals surface area contributed by atoms with Crippen molar-refractivity contribution in [3.05, 3.63) is 66.1 Å². The summed E-state index contributed by atoms with van der Waals surface area (Å²) < 4.78 is 6.14. The van der Waals surface area contributed by atoms with Crippen molar-refractivity contribution in [1.82, 2.24) is 19.9 Å². The second-order valence-corrected chi connectivity index (χ2v) is 8.47. The molecule has 6 heteroatoms. The Labute approximate surface area is 176 Å². The molecule has 0 spiro atoms. The van der Waals surface area contributed by atoms with E-state index in [9.17, 15) is 5.11 Å². The van der Waals surface area contributed by atoms with Gasteiger partial charge in [-0.3, -0.25) is 9.97 Å². The van der Waals surface area contributed by atoms with Crippen molar-refractivity contribution in [2.75, 3.05) is 6.61 Å². The molecule has 0 bridgehead atoms. The molecule has 154 valence electrons. The Balaban J connectivity index is 1.32. The Kier molecular flexibility index (Phi) is 4.95. The fourth-order valence-electron chi connectivity index (χ4n) is 4.38. The summed E-state index contributed by atoms with van der Waals surface area (Å²) >= 11 is 0. The molecule has 2 unspecified atom stereocenters. The number of pyridine rings is 2. The van der Waals surface area contributed by atoms with Gasteiger partial charge in [0.2, 0.25) is 5.88 Å². The number of aryl methyl sites for hydroxylation is 1. The van der Waals surface area contributed by atoms with Gasteiger partial charge in [-0.05, 0) is 44.4 Å². The van der Waals surface area contributed by atoms with Crippen LogP contribution in [0.2, 0.25) is 0 Å². The maximum absolute atomic E-state index is 10.8. The predicted molar refractivity (Wildman–Crippen MR) is 113 cm³/mol.